The van der Waals surface area contributed by atoms with Gasteiger partial charge in [-0.1, -0.05) is 25.9 Å². The van der Waals surface area contributed by atoms with E-state index in [-0.39, 0.29) is 0 Å². The number of hydrogen-bond donors (Lipinski definition) is 1. The average molecular weight is 353 g/mol. The summed E-state index contributed by atoms with van der Waals surface area (Å²) >= 11 is 3.40. The van der Waals surface area contributed by atoms with E-state index < -0.39 is 0 Å². The molecule has 0 fully saturated rings. The standard InChI is InChI=1S/C15H21BrN4O/c1-4-18-13(5-10(2)3)7-14-19-15(20-21-14)11-6-12(16)9-17-8-11/h6,8-10,13,18H,4-5,7H2,1-3H3. The normalized spacial score (nSPS) is 12.8. The Labute approximate surface area is 133 Å². The number of likely N-dealkylation sites (N-methyl/N-ethyl adjacent to an activating group) is 1. The first-order chi connectivity index (χ1) is 10.1. The van der Waals surface area contributed by atoms with Crippen LogP contribution in [-0.2, 0) is 6.42 Å². The summed E-state index contributed by atoms with van der Waals surface area (Å²) in [6.07, 6.45) is 5.30. The lowest BCUT2D eigenvalue weighted by molar-refractivity contribution is 0.340. The molecule has 0 aromatic carbocycles. The predicted octanol–water partition coefficient (Wildman–Crippen LogP) is 3.46. The third-order valence-corrected chi connectivity index (χ3v) is 3.53. The Hall–Kier alpha value is -1.27. The van der Waals surface area contributed by atoms with Crippen molar-refractivity contribution in [2.24, 2.45) is 5.92 Å². The van der Waals surface area contributed by atoms with Crippen LogP contribution in [0.5, 0.6) is 0 Å². The Bertz CT molecular complexity index is 570. The number of rotatable bonds is 7. The number of nitrogens with zero attached hydrogens (tertiary/aromatic N) is 3. The molecule has 0 aliphatic carbocycles. The minimum absolute atomic E-state index is 0.365. The molecular weight excluding hydrogens is 332 g/mol. The monoisotopic (exact) mass is 352 g/mol. The van der Waals surface area contributed by atoms with Crippen LogP contribution in [0.15, 0.2) is 27.5 Å². The van der Waals surface area contributed by atoms with Gasteiger partial charge in [0.05, 0.1) is 0 Å². The van der Waals surface area contributed by atoms with E-state index >= 15 is 0 Å². The van der Waals surface area contributed by atoms with Crippen LogP contribution in [0.3, 0.4) is 0 Å². The van der Waals surface area contributed by atoms with E-state index in [4.69, 9.17) is 4.52 Å². The van der Waals surface area contributed by atoms with Crippen molar-refractivity contribution in [1.29, 1.82) is 0 Å². The summed E-state index contributed by atoms with van der Waals surface area (Å²) in [6.45, 7) is 7.49. The highest BCUT2D eigenvalue weighted by Crippen LogP contribution is 2.19. The zero-order valence-corrected chi connectivity index (χ0v) is 14.2. The van der Waals surface area contributed by atoms with Crippen molar-refractivity contribution in [3.8, 4) is 11.4 Å². The highest BCUT2D eigenvalue weighted by Gasteiger charge is 2.16. The highest BCUT2D eigenvalue weighted by atomic mass is 79.9. The Morgan fingerprint density at radius 3 is 2.81 bits per heavy atom. The Kier molecular flexibility index (Phi) is 5.87. The SMILES string of the molecule is CCNC(Cc1nc(-c2cncc(Br)c2)no1)CC(C)C. The molecule has 0 bridgehead atoms. The maximum Gasteiger partial charge on any atom is 0.228 e. The molecule has 0 radical (unpaired) electrons. The van der Waals surface area contributed by atoms with Crippen LogP contribution in [0.25, 0.3) is 11.4 Å². The first-order valence-electron chi connectivity index (χ1n) is 7.25. The third-order valence-electron chi connectivity index (χ3n) is 3.10. The fourth-order valence-corrected chi connectivity index (χ4v) is 2.66. The Balaban J connectivity index is 2.08. The molecule has 114 valence electrons. The van der Waals surface area contributed by atoms with Crippen LogP contribution in [0, 0.1) is 5.92 Å². The maximum atomic E-state index is 5.37. The van der Waals surface area contributed by atoms with Gasteiger partial charge in [-0.15, -0.1) is 0 Å². The van der Waals surface area contributed by atoms with Gasteiger partial charge in [0, 0.05) is 34.9 Å². The molecule has 1 N–H and O–H groups in total. The van der Waals surface area contributed by atoms with Crippen LogP contribution in [0.2, 0.25) is 0 Å². The van der Waals surface area contributed by atoms with Crippen LogP contribution < -0.4 is 5.32 Å². The van der Waals surface area contributed by atoms with Gasteiger partial charge in [-0.2, -0.15) is 4.98 Å². The smallest absolute Gasteiger partial charge is 0.228 e. The highest BCUT2D eigenvalue weighted by molar-refractivity contribution is 9.10. The Morgan fingerprint density at radius 2 is 2.14 bits per heavy atom. The van der Waals surface area contributed by atoms with Crippen molar-refractivity contribution >= 4 is 15.9 Å². The Morgan fingerprint density at radius 1 is 1.33 bits per heavy atom. The molecule has 0 spiro atoms. The van der Waals surface area contributed by atoms with E-state index in [1.807, 2.05) is 6.07 Å². The molecule has 0 saturated carbocycles. The zero-order valence-electron chi connectivity index (χ0n) is 12.6. The largest absolute Gasteiger partial charge is 0.339 e. The molecular formula is C15H21BrN4O. The molecule has 0 amide bonds. The van der Waals surface area contributed by atoms with E-state index in [9.17, 15) is 0 Å². The number of nitrogens with one attached hydrogen (secondary N) is 1. The first kappa shape index (κ1) is 16.1. The molecule has 21 heavy (non-hydrogen) atoms. The summed E-state index contributed by atoms with van der Waals surface area (Å²) in [5, 5.41) is 7.52. The fraction of sp³-hybridized carbons (Fsp3) is 0.533. The number of pyridine rings is 1. The van der Waals surface area contributed by atoms with Gasteiger partial charge < -0.3 is 9.84 Å². The minimum Gasteiger partial charge on any atom is -0.339 e. The second-order valence-electron chi connectivity index (χ2n) is 5.49. The van der Waals surface area contributed by atoms with Gasteiger partial charge in [-0.25, -0.2) is 0 Å². The topological polar surface area (TPSA) is 63.8 Å². The summed E-state index contributed by atoms with van der Waals surface area (Å²) in [4.78, 5) is 8.59. The lowest BCUT2D eigenvalue weighted by Gasteiger charge is -2.17. The van der Waals surface area contributed by atoms with Crippen LogP contribution in [-0.4, -0.2) is 27.7 Å². The van der Waals surface area contributed by atoms with Gasteiger partial charge in [0.25, 0.3) is 0 Å². The van der Waals surface area contributed by atoms with E-state index in [0.717, 1.165) is 29.4 Å². The van der Waals surface area contributed by atoms with Crippen molar-refractivity contribution in [2.75, 3.05) is 6.54 Å². The molecule has 0 aliphatic heterocycles. The third kappa shape index (κ3) is 4.89. The van der Waals surface area contributed by atoms with Gasteiger partial charge in [0.15, 0.2) is 0 Å². The van der Waals surface area contributed by atoms with E-state index in [1.54, 1.807) is 12.4 Å². The molecule has 0 saturated heterocycles. The summed E-state index contributed by atoms with van der Waals surface area (Å²) in [5.74, 6) is 1.88. The van der Waals surface area contributed by atoms with Crippen molar-refractivity contribution in [3.63, 3.8) is 0 Å². The van der Waals surface area contributed by atoms with Gasteiger partial charge >= 0.3 is 0 Å². The molecule has 0 aliphatic rings. The van der Waals surface area contributed by atoms with Crippen molar-refractivity contribution in [3.05, 3.63) is 28.8 Å². The van der Waals surface area contributed by atoms with Gasteiger partial charge in [-0.05, 0) is 40.9 Å². The van der Waals surface area contributed by atoms with E-state index in [0.29, 0.717) is 23.7 Å². The first-order valence-corrected chi connectivity index (χ1v) is 8.04. The molecule has 5 nitrogen and oxygen atoms in total. The zero-order chi connectivity index (χ0) is 15.2. The summed E-state index contributed by atoms with van der Waals surface area (Å²) in [6, 6.07) is 2.29. The second kappa shape index (κ2) is 7.66. The predicted molar refractivity (Wildman–Crippen MR) is 85.9 cm³/mol. The van der Waals surface area contributed by atoms with Crippen LogP contribution in [0.1, 0.15) is 33.1 Å². The molecule has 1 atom stereocenters. The lowest BCUT2D eigenvalue weighted by atomic mass is 10.0. The molecule has 2 heterocycles. The van der Waals surface area contributed by atoms with Crippen molar-refractivity contribution in [1.82, 2.24) is 20.4 Å². The number of halogens is 1. The number of hydrogen-bond acceptors (Lipinski definition) is 5. The van der Waals surface area contributed by atoms with Crippen LogP contribution >= 0.6 is 15.9 Å². The fourth-order valence-electron chi connectivity index (χ4n) is 2.30. The lowest BCUT2D eigenvalue weighted by Crippen LogP contribution is -2.32. The average Bonchev–Trinajstić information content (AvgIpc) is 2.87. The van der Waals surface area contributed by atoms with Gasteiger partial charge in [0.1, 0.15) is 0 Å². The van der Waals surface area contributed by atoms with E-state index in [1.165, 1.54) is 0 Å². The van der Waals surface area contributed by atoms with Gasteiger partial charge in [-0.3, -0.25) is 4.98 Å². The summed E-state index contributed by atoms with van der Waals surface area (Å²) in [5.41, 5.74) is 0.850. The minimum atomic E-state index is 0.365. The molecule has 2 aromatic heterocycles. The van der Waals surface area contributed by atoms with Gasteiger partial charge in [0.2, 0.25) is 11.7 Å². The van der Waals surface area contributed by atoms with Crippen LogP contribution in [0.4, 0.5) is 0 Å². The maximum absolute atomic E-state index is 5.37. The summed E-state index contributed by atoms with van der Waals surface area (Å²) < 4.78 is 6.27. The molecule has 2 aromatic rings. The van der Waals surface area contributed by atoms with E-state index in [2.05, 4.69) is 57.1 Å². The van der Waals surface area contributed by atoms with Crippen molar-refractivity contribution in [2.45, 2.75) is 39.7 Å². The number of aromatic nitrogens is 3. The molecule has 6 heteroatoms. The van der Waals surface area contributed by atoms with Crippen molar-refractivity contribution < 1.29 is 4.52 Å². The quantitative estimate of drug-likeness (QED) is 0.826. The molecule has 1 unspecified atom stereocenters. The second-order valence-corrected chi connectivity index (χ2v) is 6.41. The molecule has 2 rings (SSSR count). The summed E-state index contributed by atoms with van der Waals surface area (Å²) in [7, 11) is 0.